The zero-order valence-electron chi connectivity index (χ0n) is 36.1. The largest absolute Gasteiger partial charge is 0.493 e. The number of hydrogen-bond donors (Lipinski definition) is 0. The first kappa shape index (κ1) is 57.4. The third kappa shape index (κ3) is 15.6. The van der Waals surface area contributed by atoms with Crippen LogP contribution in [0.25, 0.3) is 0 Å². The number of rotatable bonds is 20. The summed E-state index contributed by atoms with van der Waals surface area (Å²) in [6.07, 6.45) is 2.54. The number of hydrogen-bond acceptors (Lipinski definition) is 8. The maximum Gasteiger partial charge on any atom is 0.349 e. The van der Waals surface area contributed by atoms with Gasteiger partial charge in [-0.1, -0.05) is 45.8 Å². The molecule has 0 saturated carbocycles. The number of esters is 2. The van der Waals surface area contributed by atoms with Crippen molar-refractivity contribution in [3.05, 3.63) is 106 Å². The van der Waals surface area contributed by atoms with Crippen molar-refractivity contribution < 1.29 is 112 Å². The van der Waals surface area contributed by atoms with E-state index in [1.54, 1.807) is 0 Å². The molecule has 1 unspecified atom stereocenters. The van der Waals surface area contributed by atoms with Crippen molar-refractivity contribution in [3.63, 3.8) is 0 Å². The number of alkyl halides is 1. The van der Waals surface area contributed by atoms with Crippen molar-refractivity contribution in [2.45, 2.75) is 68.0 Å². The van der Waals surface area contributed by atoms with Gasteiger partial charge in [0.05, 0.1) is 33.6 Å². The van der Waals surface area contributed by atoms with Crippen molar-refractivity contribution >= 4 is 32.4 Å². The van der Waals surface area contributed by atoms with Crippen LogP contribution in [0.1, 0.15) is 72.6 Å². The number of ether oxygens (including phenoxy) is 6. The van der Waals surface area contributed by atoms with Crippen LogP contribution in [0.3, 0.4) is 0 Å². The topological polar surface area (TPSA) is 89.5 Å². The lowest BCUT2D eigenvalue weighted by molar-refractivity contribution is -0.227. The van der Waals surface area contributed by atoms with E-state index in [0.29, 0.717) is 76.8 Å². The van der Waals surface area contributed by atoms with Gasteiger partial charge >= 0.3 is 32.4 Å². The van der Waals surface area contributed by atoms with Gasteiger partial charge in [0.1, 0.15) is 68.1 Å². The minimum atomic E-state index is -10.9. The van der Waals surface area contributed by atoms with Crippen molar-refractivity contribution in [2.24, 2.45) is 11.8 Å². The molecule has 1 saturated heterocycles. The highest BCUT2D eigenvalue weighted by molar-refractivity contribution is 8.46. The van der Waals surface area contributed by atoms with Crippen LogP contribution in [-0.4, -0.2) is 51.8 Å². The lowest BCUT2D eigenvalue weighted by atomic mass is 9.94. The van der Waals surface area contributed by atoms with E-state index in [-0.39, 0.29) is 55.4 Å². The van der Waals surface area contributed by atoms with Gasteiger partial charge < -0.3 is 28.4 Å². The molecule has 1 aliphatic rings. The first-order valence-corrected chi connectivity index (χ1v) is 24.1. The highest BCUT2D eigenvalue weighted by Gasteiger charge is 2.69. The Kier molecular flexibility index (Phi) is 16.8. The summed E-state index contributed by atoms with van der Waals surface area (Å²) in [5.74, 6) is -21.7. The fraction of sp³-hybridized carbons (Fsp3) is 0.381. The van der Waals surface area contributed by atoms with Crippen LogP contribution >= 0.6 is 20.4 Å². The molecular formula is C42H40F18O8S2. The second-order valence-corrected chi connectivity index (χ2v) is 20.0. The first-order chi connectivity index (χ1) is 32.1. The fourth-order valence-electron chi connectivity index (χ4n) is 6.67. The Morgan fingerprint density at radius 3 is 1.30 bits per heavy atom. The molecule has 1 atom stereocenters. The van der Waals surface area contributed by atoms with Gasteiger partial charge in [-0.3, -0.25) is 4.39 Å². The second kappa shape index (κ2) is 20.5. The molecule has 4 aromatic carbocycles. The summed E-state index contributed by atoms with van der Waals surface area (Å²) in [6, 6.07) is 1.02. The Morgan fingerprint density at radius 1 is 0.543 bits per heavy atom. The molecular weight excluding hydrogens is 1040 g/mol. The highest BCUT2D eigenvalue weighted by Crippen LogP contribution is 3.03. The van der Waals surface area contributed by atoms with Gasteiger partial charge in [-0.2, -0.15) is 0 Å². The number of benzene rings is 4. The molecule has 0 N–H and O–H groups in total. The van der Waals surface area contributed by atoms with E-state index in [9.17, 15) is 83.6 Å². The van der Waals surface area contributed by atoms with Crippen LogP contribution in [-0.2, 0) is 9.47 Å². The predicted octanol–water partition coefficient (Wildman–Crippen LogP) is 15.8. The molecule has 5 rings (SSSR count). The van der Waals surface area contributed by atoms with Crippen LogP contribution in [0.15, 0.2) is 64.4 Å². The average molecular weight is 1080 g/mol. The molecule has 8 nitrogen and oxygen atoms in total. The van der Waals surface area contributed by atoms with Crippen molar-refractivity contribution in [2.75, 3.05) is 33.6 Å². The zero-order valence-corrected chi connectivity index (χ0v) is 37.7. The fourth-order valence-corrected chi connectivity index (χ4v) is 8.28. The molecule has 1 aliphatic heterocycles. The Morgan fingerprint density at radius 2 is 0.929 bits per heavy atom. The molecule has 0 aliphatic carbocycles. The lowest BCUT2D eigenvalue weighted by Crippen LogP contribution is -2.37. The summed E-state index contributed by atoms with van der Waals surface area (Å²) in [7, 11) is -20.8. The Bertz CT molecular complexity index is 2480. The van der Waals surface area contributed by atoms with Crippen molar-refractivity contribution in [3.8, 4) is 23.0 Å². The molecule has 4 aromatic rings. The Hall–Kier alpha value is -5.22. The molecule has 0 radical (unpaired) electrons. The Labute approximate surface area is 386 Å². The maximum atomic E-state index is 14.8. The average Bonchev–Trinajstić information content (AvgIpc) is 3.20. The van der Waals surface area contributed by atoms with Gasteiger partial charge in [-0.05, 0) is 57.1 Å². The van der Waals surface area contributed by atoms with Crippen LogP contribution in [0.5, 0.6) is 23.0 Å². The molecule has 0 aromatic heterocycles. The van der Waals surface area contributed by atoms with E-state index < -0.39 is 130 Å². The molecule has 1 fully saturated rings. The van der Waals surface area contributed by atoms with E-state index in [4.69, 9.17) is 18.9 Å². The molecule has 70 heavy (non-hydrogen) atoms. The minimum Gasteiger partial charge on any atom is -0.493 e. The number of carbonyl (C=O) groups is 2. The zero-order chi connectivity index (χ0) is 52.7. The highest BCUT2D eigenvalue weighted by atomic mass is 32.5. The van der Waals surface area contributed by atoms with E-state index in [1.165, 1.54) is 0 Å². The van der Waals surface area contributed by atoms with Gasteiger partial charge in [0, 0.05) is 54.3 Å². The molecule has 28 heteroatoms. The SMILES string of the molecule is CCC1COC(C(CCCCOc2cc(F)c(C(=O)Oc3ccc(S(F)(F)(F)(F)F)c(F)c3)c(F)c2)CCCCOc2cc(F)c(C(=O)Oc3cc(F)c(S(F)(F)(F)(F)F)c(F)c3)c(F)c2)OC1.CF. The summed E-state index contributed by atoms with van der Waals surface area (Å²) < 4.78 is 272. The lowest BCUT2D eigenvalue weighted by Gasteiger charge is -2.40. The van der Waals surface area contributed by atoms with Crippen molar-refractivity contribution in [1.82, 2.24) is 0 Å². The Balaban J connectivity index is 0.00000526. The van der Waals surface area contributed by atoms with Crippen molar-refractivity contribution in [1.29, 1.82) is 0 Å². The van der Waals surface area contributed by atoms with Crippen LogP contribution in [0.2, 0.25) is 0 Å². The summed E-state index contributed by atoms with van der Waals surface area (Å²) >= 11 is 0. The summed E-state index contributed by atoms with van der Waals surface area (Å²) in [5.41, 5.74) is -2.81. The number of carbonyl (C=O) groups excluding carboxylic acids is 2. The summed E-state index contributed by atoms with van der Waals surface area (Å²) in [4.78, 5) is 18.4. The van der Waals surface area contributed by atoms with E-state index in [2.05, 4.69) is 9.47 Å². The summed E-state index contributed by atoms with van der Waals surface area (Å²) in [6.45, 7) is 2.52. The van der Waals surface area contributed by atoms with E-state index in [0.717, 1.165) is 6.42 Å². The number of unbranched alkanes of at least 4 members (excludes halogenated alkanes) is 2. The second-order valence-electron chi connectivity index (χ2n) is 15.3. The molecule has 0 bridgehead atoms. The van der Waals surface area contributed by atoms with Crippen LogP contribution < -0.4 is 18.9 Å². The van der Waals surface area contributed by atoms with Gasteiger partial charge in [0.2, 0.25) is 0 Å². The van der Waals surface area contributed by atoms with Gasteiger partial charge in [-0.25, -0.2) is 40.3 Å². The monoisotopic (exact) mass is 1080 g/mol. The molecule has 0 spiro atoms. The third-order valence-electron chi connectivity index (χ3n) is 9.97. The quantitative estimate of drug-likeness (QED) is 0.0374. The minimum absolute atomic E-state index is 0.108. The van der Waals surface area contributed by atoms with Gasteiger partial charge in [-0.15, -0.1) is 0 Å². The molecule has 0 amide bonds. The third-order valence-corrected chi connectivity index (χ3v) is 12.3. The van der Waals surface area contributed by atoms with Crippen LogP contribution in [0.4, 0.5) is 74.0 Å². The molecule has 394 valence electrons. The van der Waals surface area contributed by atoms with E-state index in [1.807, 2.05) is 6.92 Å². The van der Waals surface area contributed by atoms with Gasteiger partial charge in [0.15, 0.2) is 22.8 Å². The first-order valence-electron chi connectivity index (χ1n) is 20.2. The molecule has 1 heterocycles. The normalized spacial score (nSPS) is 17.7. The smallest absolute Gasteiger partial charge is 0.349 e. The van der Waals surface area contributed by atoms with Crippen LogP contribution in [0, 0.1) is 52.6 Å². The van der Waals surface area contributed by atoms with Gasteiger partial charge in [0.25, 0.3) is 0 Å². The predicted molar refractivity (Wildman–Crippen MR) is 217 cm³/mol. The summed E-state index contributed by atoms with van der Waals surface area (Å²) in [5, 5.41) is 0. The standard InChI is InChI=1S/C41H37F17O8S2.CH3F/c1-2-22-20-63-41(64-21-22)23(7-3-5-11-61-25-14-29(43)36(30(44)15-25)39(59)65-24-9-10-35(28(42)13-24)67(49,50,51,52)53)8-4-6-12-62-26-16-31(45)37(32(46)17-26)40(60)66-27-18-33(47)38(34(48)19-27)68(54,55,56,57)58;1-2/h9-10,13-19,22-23,41H,2-8,11-12,20-21H2,1H3;1H3. The van der Waals surface area contributed by atoms with E-state index >= 15 is 0 Å². The maximum absolute atomic E-state index is 14.8. The number of halogens is 18.